The molecular formula is C15H12BrClFNO. The fraction of sp³-hybridized carbons (Fsp3) is 0.133. The monoisotopic (exact) mass is 355 g/mol. The molecule has 0 heterocycles. The molecule has 0 radical (unpaired) electrons. The molecule has 0 unspecified atom stereocenters. The van der Waals surface area contributed by atoms with Crippen molar-refractivity contribution in [3.63, 3.8) is 0 Å². The Morgan fingerprint density at radius 1 is 1.20 bits per heavy atom. The highest BCUT2D eigenvalue weighted by molar-refractivity contribution is 9.10. The summed E-state index contributed by atoms with van der Waals surface area (Å²) in [5.74, 6) is -0.861. The Hall–Kier alpha value is -1.39. The van der Waals surface area contributed by atoms with Crippen LogP contribution in [0.25, 0.3) is 0 Å². The van der Waals surface area contributed by atoms with Gasteiger partial charge in [-0.3, -0.25) is 4.79 Å². The van der Waals surface area contributed by atoms with E-state index in [1.54, 1.807) is 0 Å². The van der Waals surface area contributed by atoms with Gasteiger partial charge in [-0.15, -0.1) is 0 Å². The summed E-state index contributed by atoms with van der Waals surface area (Å²) in [5, 5.41) is 2.76. The lowest BCUT2D eigenvalue weighted by Gasteiger charge is -2.12. The number of carbonyl (C=O) groups excluding carboxylic acids is 1. The van der Waals surface area contributed by atoms with Crippen LogP contribution < -0.4 is 5.32 Å². The lowest BCUT2D eigenvalue weighted by atomic mass is 10.1. The first-order chi connectivity index (χ1) is 9.38. The summed E-state index contributed by atoms with van der Waals surface area (Å²) in [7, 11) is 0. The van der Waals surface area contributed by atoms with E-state index in [0.29, 0.717) is 5.56 Å². The molecule has 0 aliphatic heterocycles. The van der Waals surface area contributed by atoms with Crippen molar-refractivity contribution in [2.75, 3.05) is 5.32 Å². The molecule has 1 amide bonds. The minimum Gasteiger partial charge on any atom is -0.322 e. The highest BCUT2D eigenvalue weighted by atomic mass is 79.9. The summed E-state index contributed by atoms with van der Waals surface area (Å²) in [5.41, 5.74) is 2.95. The van der Waals surface area contributed by atoms with E-state index >= 15 is 0 Å². The van der Waals surface area contributed by atoms with Crippen LogP contribution in [-0.4, -0.2) is 5.91 Å². The topological polar surface area (TPSA) is 29.1 Å². The van der Waals surface area contributed by atoms with Gasteiger partial charge >= 0.3 is 0 Å². The van der Waals surface area contributed by atoms with Gasteiger partial charge in [0, 0.05) is 15.7 Å². The van der Waals surface area contributed by atoms with Crippen LogP contribution in [0.15, 0.2) is 34.8 Å². The van der Waals surface area contributed by atoms with Gasteiger partial charge < -0.3 is 5.32 Å². The van der Waals surface area contributed by atoms with Gasteiger partial charge in [0.15, 0.2) is 0 Å². The van der Waals surface area contributed by atoms with E-state index in [1.165, 1.54) is 18.2 Å². The van der Waals surface area contributed by atoms with Crippen LogP contribution in [0, 0.1) is 19.7 Å². The molecule has 20 heavy (non-hydrogen) atoms. The van der Waals surface area contributed by atoms with Crippen molar-refractivity contribution in [3.8, 4) is 0 Å². The quantitative estimate of drug-likeness (QED) is 0.796. The maximum absolute atomic E-state index is 13.1. The Bertz CT molecular complexity index is 665. The molecule has 104 valence electrons. The average molecular weight is 357 g/mol. The van der Waals surface area contributed by atoms with Gasteiger partial charge in [0.1, 0.15) is 5.82 Å². The first-order valence-corrected chi connectivity index (χ1v) is 7.08. The number of anilines is 1. The molecule has 0 spiro atoms. The van der Waals surface area contributed by atoms with E-state index in [0.717, 1.165) is 21.3 Å². The van der Waals surface area contributed by atoms with Crippen molar-refractivity contribution < 1.29 is 9.18 Å². The molecule has 5 heteroatoms. The number of nitrogens with one attached hydrogen (secondary N) is 1. The van der Waals surface area contributed by atoms with Crippen LogP contribution in [0.5, 0.6) is 0 Å². The minimum atomic E-state index is -0.542. The molecule has 0 aliphatic rings. The van der Waals surface area contributed by atoms with Gasteiger partial charge in [0.2, 0.25) is 0 Å². The second-order valence-corrected chi connectivity index (χ2v) is 5.82. The summed E-state index contributed by atoms with van der Waals surface area (Å²) < 4.78 is 14.0. The molecule has 0 aromatic heterocycles. The van der Waals surface area contributed by atoms with Gasteiger partial charge in [-0.25, -0.2) is 4.39 Å². The average Bonchev–Trinajstić information content (AvgIpc) is 2.36. The third-order valence-electron chi connectivity index (χ3n) is 2.92. The van der Waals surface area contributed by atoms with Crippen molar-refractivity contribution >= 4 is 39.1 Å². The zero-order valence-corrected chi connectivity index (χ0v) is 13.3. The zero-order valence-electron chi connectivity index (χ0n) is 10.9. The van der Waals surface area contributed by atoms with Gasteiger partial charge in [-0.05, 0) is 55.3 Å². The van der Waals surface area contributed by atoms with E-state index in [-0.39, 0.29) is 10.9 Å². The molecule has 2 rings (SSSR count). The SMILES string of the molecule is Cc1cc(Br)cc(C)c1NC(=O)c1ccc(F)c(Cl)c1. The molecule has 0 aliphatic carbocycles. The van der Waals surface area contributed by atoms with E-state index in [1.807, 2.05) is 26.0 Å². The predicted molar refractivity (Wildman–Crippen MR) is 83.0 cm³/mol. The van der Waals surface area contributed by atoms with Crippen LogP contribution in [0.2, 0.25) is 5.02 Å². The Labute approximate surface area is 130 Å². The Morgan fingerprint density at radius 2 is 1.80 bits per heavy atom. The maximum atomic E-state index is 13.1. The molecular weight excluding hydrogens is 345 g/mol. The molecule has 0 saturated carbocycles. The highest BCUT2D eigenvalue weighted by Crippen LogP contribution is 2.26. The van der Waals surface area contributed by atoms with E-state index < -0.39 is 5.82 Å². The Morgan fingerprint density at radius 3 is 2.35 bits per heavy atom. The number of carbonyl (C=O) groups is 1. The number of hydrogen-bond donors (Lipinski definition) is 1. The number of amides is 1. The van der Waals surface area contributed by atoms with Gasteiger partial charge in [0.25, 0.3) is 5.91 Å². The molecule has 0 fully saturated rings. The second-order valence-electron chi connectivity index (χ2n) is 4.50. The molecule has 2 aromatic rings. The van der Waals surface area contributed by atoms with Crippen molar-refractivity contribution in [2.24, 2.45) is 0 Å². The van der Waals surface area contributed by atoms with Gasteiger partial charge in [-0.2, -0.15) is 0 Å². The third kappa shape index (κ3) is 3.19. The smallest absolute Gasteiger partial charge is 0.255 e. The van der Waals surface area contributed by atoms with Gasteiger partial charge in [-0.1, -0.05) is 27.5 Å². The molecule has 2 aromatic carbocycles. The maximum Gasteiger partial charge on any atom is 0.255 e. The van der Waals surface area contributed by atoms with E-state index in [4.69, 9.17) is 11.6 Å². The lowest BCUT2D eigenvalue weighted by molar-refractivity contribution is 0.102. The summed E-state index contributed by atoms with van der Waals surface area (Å²) in [6.45, 7) is 3.82. The second kappa shape index (κ2) is 5.94. The first-order valence-electron chi connectivity index (χ1n) is 5.91. The molecule has 2 nitrogen and oxygen atoms in total. The van der Waals surface area contributed by atoms with E-state index in [2.05, 4.69) is 21.2 Å². The normalized spacial score (nSPS) is 10.4. The predicted octanol–water partition coefficient (Wildman–Crippen LogP) is 5.11. The van der Waals surface area contributed by atoms with Gasteiger partial charge in [0.05, 0.1) is 5.02 Å². The van der Waals surface area contributed by atoms with Crippen LogP contribution in [0.1, 0.15) is 21.5 Å². The number of hydrogen-bond acceptors (Lipinski definition) is 1. The Balaban J connectivity index is 2.30. The number of halogens is 3. The zero-order chi connectivity index (χ0) is 14.9. The molecule has 0 bridgehead atoms. The number of rotatable bonds is 2. The van der Waals surface area contributed by atoms with Crippen molar-refractivity contribution in [1.82, 2.24) is 0 Å². The Kier molecular flexibility index (Phi) is 4.45. The fourth-order valence-corrected chi connectivity index (χ4v) is 2.80. The van der Waals surface area contributed by atoms with Crippen LogP contribution in [-0.2, 0) is 0 Å². The van der Waals surface area contributed by atoms with Crippen LogP contribution >= 0.6 is 27.5 Å². The fourth-order valence-electron chi connectivity index (χ4n) is 1.93. The third-order valence-corrected chi connectivity index (χ3v) is 3.67. The summed E-state index contributed by atoms with van der Waals surface area (Å²) in [6, 6.07) is 7.73. The van der Waals surface area contributed by atoms with Crippen molar-refractivity contribution in [2.45, 2.75) is 13.8 Å². The highest BCUT2D eigenvalue weighted by Gasteiger charge is 2.12. The number of benzene rings is 2. The van der Waals surface area contributed by atoms with Crippen LogP contribution in [0.3, 0.4) is 0 Å². The molecule has 0 saturated heterocycles. The summed E-state index contributed by atoms with van der Waals surface area (Å²) in [6.07, 6.45) is 0. The summed E-state index contributed by atoms with van der Waals surface area (Å²) in [4.78, 5) is 12.2. The van der Waals surface area contributed by atoms with Crippen LogP contribution in [0.4, 0.5) is 10.1 Å². The van der Waals surface area contributed by atoms with Crippen molar-refractivity contribution in [1.29, 1.82) is 0 Å². The van der Waals surface area contributed by atoms with E-state index in [9.17, 15) is 9.18 Å². The molecule has 1 N–H and O–H groups in total. The minimum absolute atomic E-state index is 0.0677. The number of aryl methyl sites for hydroxylation is 2. The van der Waals surface area contributed by atoms with Crippen molar-refractivity contribution in [3.05, 3.63) is 62.3 Å². The summed E-state index contributed by atoms with van der Waals surface area (Å²) >= 11 is 9.09. The lowest BCUT2D eigenvalue weighted by Crippen LogP contribution is -2.14. The molecule has 0 atom stereocenters. The largest absolute Gasteiger partial charge is 0.322 e. The first kappa shape index (κ1) is 15.0. The standard InChI is InChI=1S/C15H12BrClFNO/c1-8-5-11(16)6-9(2)14(8)19-15(20)10-3-4-13(18)12(17)7-10/h3-7H,1-2H3,(H,19,20).